The van der Waals surface area contributed by atoms with Gasteiger partial charge >= 0.3 is 0 Å². The minimum atomic E-state index is 0.0687. The molecule has 0 aromatic heterocycles. The summed E-state index contributed by atoms with van der Waals surface area (Å²) in [7, 11) is 0. The molecule has 1 aliphatic heterocycles. The van der Waals surface area contributed by atoms with Crippen LogP contribution in [0.25, 0.3) is 0 Å². The summed E-state index contributed by atoms with van der Waals surface area (Å²) in [6, 6.07) is 15.1. The van der Waals surface area contributed by atoms with Gasteiger partial charge in [-0.15, -0.1) is 0 Å². The van der Waals surface area contributed by atoms with E-state index < -0.39 is 0 Å². The summed E-state index contributed by atoms with van der Waals surface area (Å²) in [4.78, 5) is 15.1. The molecule has 0 radical (unpaired) electrons. The molecule has 0 spiro atoms. The van der Waals surface area contributed by atoms with Crippen molar-refractivity contribution in [2.24, 2.45) is 0 Å². The zero-order valence-corrected chi connectivity index (χ0v) is 15.5. The second-order valence-electron chi connectivity index (χ2n) is 6.85. The van der Waals surface area contributed by atoms with E-state index in [9.17, 15) is 4.79 Å². The van der Waals surface area contributed by atoms with E-state index in [-0.39, 0.29) is 5.91 Å². The highest BCUT2D eigenvalue weighted by atomic mass is 16.2. The van der Waals surface area contributed by atoms with Gasteiger partial charge in [-0.05, 0) is 55.4 Å². The van der Waals surface area contributed by atoms with Gasteiger partial charge in [0.15, 0.2) is 0 Å². The van der Waals surface area contributed by atoms with E-state index in [1.54, 1.807) is 0 Å². The number of aryl methyl sites for hydroxylation is 3. The molecule has 1 atom stereocenters. The number of carbonyl (C=O) groups is 1. The van der Waals surface area contributed by atoms with E-state index >= 15 is 0 Å². The fraction of sp³-hybridized carbons (Fsp3) is 0.409. The number of amides is 1. The maximum absolute atomic E-state index is 12.8. The summed E-state index contributed by atoms with van der Waals surface area (Å²) in [5.74, 6) is 0.0687. The Morgan fingerprint density at radius 1 is 1.08 bits per heavy atom. The predicted molar refractivity (Wildman–Crippen MR) is 105 cm³/mol. The molecule has 25 heavy (non-hydrogen) atoms. The van der Waals surface area contributed by atoms with Gasteiger partial charge in [-0.25, -0.2) is 0 Å². The van der Waals surface area contributed by atoms with Crippen LogP contribution in [0.15, 0.2) is 42.5 Å². The average Bonchev–Trinajstić information content (AvgIpc) is 2.64. The van der Waals surface area contributed by atoms with Crippen LogP contribution in [0, 0.1) is 0 Å². The van der Waals surface area contributed by atoms with E-state index in [0.29, 0.717) is 12.6 Å². The molecule has 2 aromatic carbocycles. The third-order valence-corrected chi connectivity index (χ3v) is 5.24. The van der Waals surface area contributed by atoms with Crippen molar-refractivity contribution in [3.05, 3.63) is 59.2 Å². The van der Waals surface area contributed by atoms with Gasteiger partial charge in [-0.2, -0.15) is 0 Å². The molecular weight excluding hydrogens is 308 g/mol. The zero-order valence-electron chi connectivity index (χ0n) is 15.5. The number of nitrogens with one attached hydrogen (secondary N) is 1. The highest BCUT2D eigenvalue weighted by molar-refractivity contribution is 5.95. The fourth-order valence-electron chi connectivity index (χ4n) is 3.74. The Morgan fingerprint density at radius 3 is 2.44 bits per heavy atom. The van der Waals surface area contributed by atoms with Gasteiger partial charge in [-0.3, -0.25) is 4.79 Å². The lowest BCUT2D eigenvalue weighted by molar-refractivity contribution is -0.115. The second-order valence-corrected chi connectivity index (χ2v) is 6.85. The van der Waals surface area contributed by atoms with Crippen molar-refractivity contribution in [1.82, 2.24) is 0 Å². The molecule has 0 saturated heterocycles. The minimum absolute atomic E-state index is 0.0687. The van der Waals surface area contributed by atoms with Crippen molar-refractivity contribution in [2.75, 3.05) is 16.8 Å². The smallest absolute Gasteiger partial charge is 0.243 e. The summed E-state index contributed by atoms with van der Waals surface area (Å²) in [5, 5.41) is 3.20. The Bertz CT molecular complexity index is 731. The standard InChI is InChI=1S/C22H28N2O/c1-4-17-10-8-11-18(5-2)22(17)23-21(25)15-24-16(3)13-14-19-9-6-7-12-20(19)24/h6-12,16H,4-5,13-15H2,1-3H3,(H,23,25)/t16-/m1/s1. The Morgan fingerprint density at radius 2 is 1.76 bits per heavy atom. The first-order valence-corrected chi connectivity index (χ1v) is 9.39. The van der Waals surface area contributed by atoms with Crippen LogP contribution in [0.1, 0.15) is 43.9 Å². The van der Waals surface area contributed by atoms with Crippen molar-refractivity contribution in [3.8, 4) is 0 Å². The lowest BCUT2D eigenvalue weighted by atomic mass is 9.96. The molecule has 0 aliphatic carbocycles. The lowest BCUT2D eigenvalue weighted by Crippen LogP contribution is -2.42. The Kier molecular flexibility index (Phi) is 5.42. The van der Waals surface area contributed by atoms with Crippen molar-refractivity contribution in [3.63, 3.8) is 0 Å². The molecule has 1 amide bonds. The number of carbonyl (C=O) groups excluding carboxylic acids is 1. The van der Waals surface area contributed by atoms with Crippen LogP contribution in [-0.4, -0.2) is 18.5 Å². The van der Waals surface area contributed by atoms with Crippen molar-refractivity contribution in [1.29, 1.82) is 0 Å². The fourth-order valence-corrected chi connectivity index (χ4v) is 3.74. The molecule has 3 nitrogen and oxygen atoms in total. The molecule has 0 unspecified atom stereocenters. The van der Waals surface area contributed by atoms with Crippen LogP contribution in [0.4, 0.5) is 11.4 Å². The molecule has 0 bridgehead atoms. The molecule has 2 aromatic rings. The van der Waals surface area contributed by atoms with Crippen molar-refractivity contribution < 1.29 is 4.79 Å². The number of fused-ring (bicyclic) bond motifs is 1. The first kappa shape index (κ1) is 17.5. The third-order valence-electron chi connectivity index (χ3n) is 5.24. The van der Waals surface area contributed by atoms with Crippen LogP contribution in [0.5, 0.6) is 0 Å². The Hall–Kier alpha value is -2.29. The minimum Gasteiger partial charge on any atom is -0.359 e. The number of para-hydroxylation sites is 2. The third kappa shape index (κ3) is 3.71. The highest BCUT2D eigenvalue weighted by Crippen LogP contribution is 2.30. The van der Waals surface area contributed by atoms with Gasteiger partial charge in [0.25, 0.3) is 0 Å². The van der Waals surface area contributed by atoms with Crippen molar-refractivity contribution in [2.45, 2.75) is 52.5 Å². The zero-order chi connectivity index (χ0) is 17.8. The molecule has 3 heteroatoms. The first-order valence-electron chi connectivity index (χ1n) is 9.39. The molecule has 132 valence electrons. The van der Waals surface area contributed by atoms with Gasteiger partial charge in [0.1, 0.15) is 0 Å². The van der Waals surface area contributed by atoms with E-state index in [0.717, 1.165) is 31.4 Å². The quantitative estimate of drug-likeness (QED) is 0.866. The molecule has 3 rings (SSSR count). The van der Waals surface area contributed by atoms with Gasteiger partial charge in [-0.1, -0.05) is 50.2 Å². The molecular formula is C22H28N2O. The monoisotopic (exact) mass is 336 g/mol. The summed E-state index contributed by atoms with van der Waals surface area (Å²) in [6.07, 6.45) is 4.03. The lowest BCUT2D eigenvalue weighted by Gasteiger charge is -2.36. The number of rotatable bonds is 5. The Labute approximate surface area is 151 Å². The van der Waals surface area contributed by atoms with Gasteiger partial charge in [0.2, 0.25) is 5.91 Å². The number of hydrogen-bond acceptors (Lipinski definition) is 2. The highest BCUT2D eigenvalue weighted by Gasteiger charge is 2.24. The van der Waals surface area contributed by atoms with Crippen LogP contribution in [0.2, 0.25) is 0 Å². The maximum Gasteiger partial charge on any atom is 0.243 e. The van der Waals surface area contributed by atoms with Gasteiger partial charge in [0.05, 0.1) is 6.54 Å². The summed E-state index contributed by atoms with van der Waals surface area (Å²) < 4.78 is 0. The number of nitrogens with zero attached hydrogens (tertiary/aromatic N) is 1. The molecule has 0 fully saturated rings. The van der Waals surface area contributed by atoms with Crippen LogP contribution in [-0.2, 0) is 24.1 Å². The van der Waals surface area contributed by atoms with E-state index in [4.69, 9.17) is 0 Å². The van der Waals surface area contributed by atoms with Crippen LogP contribution < -0.4 is 10.2 Å². The predicted octanol–water partition coefficient (Wildman–Crippen LogP) is 4.59. The number of benzene rings is 2. The van der Waals surface area contributed by atoms with Crippen LogP contribution >= 0.6 is 0 Å². The first-order chi connectivity index (χ1) is 12.1. The Balaban J connectivity index is 1.80. The van der Waals surface area contributed by atoms with Crippen molar-refractivity contribution >= 4 is 17.3 Å². The normalized spacial score (nSPS) is 16.4. The maximum atomic E-state index is 12.8. The summed E-state index contributed by atoms with van der Waals surface area (Å²) in [5.41, 5.74) is 5.97. The largest absolute Gasteiger partial charge is 0.359 e. The van der Waals surface area contributed by atoms with E-state index in [1.807, 2.05) is 0 Å². The topological polar surface area (TPSA) is 32.3 Å². The molecule has 1 N–H and O–H groups in total. The second kappa shape index (κ2) is 7.73. The number of anilines is 2. The van der Waals surface area contributed by atoms with Gasteiger partial charge < -0.3 is 10.2 Å². The van der Waals surface area contributed by atoms with Crippen LogP contribution in [0.3, 0.4) is 0 Å². The SMILES string of the molecule is CCc1cccc(CC)c1NC(=O)CN1c2ccccc2CC[C@H]1C. The van der Waals surface area contributed by atoms with E-state index in [2.05, 4.69) is 73.5 Å². The summed E-state index contributed by atoms with van der Waals surface area (Å²) in [6.45, 7) is 6.88. The summed E-state index contributed by atoms with van der Waals surface area (Å²) >= 11 is 0. The average molecular weight is 336 g/mol. The molecule has 1 aliphatic rings. The number of hydrogen-bond donors (Lipinski definition) is 1. The van der Waals surface area contributed by atoms with Gasteiger partial charge in [0, 0.05) is 17.4 Å². The molecule has 0 saturated carbocycles. The molecule has 1 heterocycles. The van der Waals surface area contributed by atoms with E-state index in [1.165, 1.54) is 22.4 Å².